The first-order valence-electron chi connectivity index (χ1n) is 7.72. The molecule has 4 heteroatoms. The fraction of sp³-hybridized carbons (Fsp3) is 1.00. The second-order valence-electron chi connectivity index (χ2n) is 4.83. The van der Waals surface area contributed by atoms with Crippen LogP contribution in [0.1, 0.15) is 59.3 Å². The second kappa shape index (κ2) is 12.1. The Kier molecular flexibility index (Phi) is 12.2. The highest BCUT2D eigenvalue weighted by Crippen LogP contribution is 2.25. The van der Waals surface area contributed by atoms with E-state index in [1.54, 1.807) is 0 Å². The molecule has 0 amide bonds. The Morgan fingerprint density at radius 1 is 0.778 bits per heavy atom. The minimum Gasteiger partial charge on any atom is -0.394 e. The van der Waals surface area contributed by atoms with Crippen LogP contribution in [0.15, 0.2) is 0 Å². The zero-order valence-corrected chi connectivity index (χ0v) is 13.7. The molecule has 0 unspecified atom stereocenters. The van der Waals surface area contributed by atoms with Crippen LogP contribution in [0.5, 0.6) is 0 Å². The van der Waals surface area contributed by atoms with Gasteiger partial charge in [0.15, 0.2) is 0 Å². The van der Waals surface area contributed by atoms with Gasteiger partial charge in [0.1, 0.15) is 0 Å². The van der Waals surface area contributed by atoms with Gasteiger partial charge < -0.3 is 14.6 Å². The molecule has 0 aliphatic rings. The van der Waals surface area contributed by atoms with E-state index < -0.39 is 8.56 Å². The Balaban J connectivity index is 4.23. The summed E-state index contributed by atoms with van der Waals surface area (Å²) >= 11 is 0. The van der Waals surface area contributed by atoms with Crippen LogP contribution < -0.4 is 5.73 Å². The van der Waals surface area contributed by atoms with E-state index in [-0.39, 0.29) is 0 Å². The van der Waals surface area contributed by atoms with Crippen LogP contribution in [0.25, 0.3) is 0 Å². The highest BCUT2D eigenvalue weighted by molar-refractivity contribution is 6.67. The minimum atomic E-state index is -1.94. The molecule has 0 aromatic heterocycles. The van der Waals surface area contributed by atoms with Gasteiger partial charge in [-0.2, -0.15) is 0 Å². The molecule has 0 heterocycles. The molecular formula is C14H33NO2Si. The molecule has 18 heavy (non-hydrogen) atoms. The van der Waals surface area contributed by atoms with Crippen molar-refractivity contribution >= 4 is 8.56 Å². The van der Waals surface area contributed by atoms with Crippen molar-refractivity contribution in [3.8, 4) is 0 Å². The lowest BCUT2D eigenvalue weighted by atomic mass is 10.2. The lowest BCUT2D eigenvalue weighted by Gasteiger charge is -2.30. The number of hydrogen-bond donors (Lipinski definition) is 1. The van der Waals surface area contributed by atoms with Gasteiger partial charge in [-0.25, -0.2) is 0 Å². The highest BCUT2D eigenvalue weighted by Gasteiger charge is 2.35. The summed E-state index contributed by atoms with van der Waals surface area (Å²) in [6.07, 6.45) is 7.40. The first-order valence-corrected chi connectivity index (χ1v) is 9.95. The monoisotopic (exact) mass is 275 g/mol. The van der Waals surface area contributed by atoms with Gasteiger partial charge in [-0.3, -0.25) is 0 Å². The third kappa shape index (κ3) is 8.24. The molecule has 0 fully saturated rings. The van der Waals surface area contributed by atoms with Gasteiger partial charge in [0.2, 0.25) is 0 Å². The first-order chi connectivity index (χ1) is 8.74. The fourth-order valence-corrected chi connectivity index (χ4v) is 5.88. The minimum absolute atomic E-state index is 0.776. The van der Waals surface area contributed by atoms with Crippen LogP contribution in [0.2, 0.25) is 12.1 Å². The normalized spacial score (nSPS) is 12.0. The summed E-state index contributed by atoms with van der Waals surface area (Å²) < 4.78 is 12.1. The highest BCUT2D eigenvalue weighted by atomic mass is 28.4. The van der Waals surface area contributed by atoms with Gasteiger partial charge >= 0.3 is 8.56 Å². The largest absolute Gasteiger partial charge is 0.394 e. The molecule has 0 saturated carbocycles. The Hall–Kier alpha value is 0.0969. The molecule has 3 nitrogen and oxygen atoms in total. The third-order valence-corrected chi connectivity index (χ3v) is 7.10. The van der Waals surface area contributed by atoms with Crippen molar-refractivity contribution in [2.24, 2.45) is 5.73 Å². The molecule has 0 spiro atoms. The molecule has 0 radical (unpaired) electrons. The lowest BCUT2D eigenvalue weighted by Crippen LogP contribution is -2.42. The van der Waals surface area contributed by atoms with Crippen LogP contribution in [0.3, 0.4) is 0 Å². The average Bonchev–Trinajstić information content (AvgIpc) is 2.36. The van der Waals surface area contributed by atoms with Crippen LogP contribution >= 0.6 is 0 Å². The Bertz CT molecular complexity index is 173. The van der Waals surface area contributed by atoms with E-state index in [4.69, 9.17) is 14.6 Å². The van der Waals surface area contributed by atoms with Crippen LogP contribution in [0.4, 0.5) is 0 Å². The molecule has 0 rings (SSSR count). The van der Waals surface area contributed by atoms with Gasteiger partial charge in [-0.15, -0.1) is 0 Å². The maximum absolute atomic E-state index is 6.07. The third-order valence-electron chi connectivity index (χ3n) is 3.24. The molecule has 0 saturated heterocycles. The predicted molar refractivity (Wildman–Crippen MR) is 81.1 cm³/mol. The van der Waals surface area contributed by atoms with Crippen molar-refractivity contribution in [1.82, 2.24) is 0 Å². The number of hydrogen-bond acceptors (Lipinski definition) is 3. The van der Waals surface area contributed by atoms with Crippen LogP contribution in [-0.4, -0.2) is 28.3 Å². The van der Waals surface area contributed by atoms with E-state index in [9.17, 15) is 0 Å². The summed E-state index contributed by atoms with van der Waals surface area (Å²) in [7, 11) is -1.94. The van der Waals surface area contributed by atoms with Crippen molar-refractivity contribution in [2.45, 2.75) is 71.4 Å². The van der Waals surface area contributed by atoms with E-state index in [0.717, 1.165) is 44.7 Å². The quantitative estimate of drug-likeness (QED) is 0.410. The van der Waals surface area contributed by atoms with Crippen molar-refractivity contribution in [1.29, 1.82) is 0 Å². The molecule has 0 aromatic rings. The molecular weight excluding hydrogens is 242 g/mol. The van der Waals surface area contributed by atoms with Crippen molar-refractivity contribution in [3.63, 3.8) is 0 Å². The Morgan fingerprint density at radius 2 is 1.33 bits per heavy atom. The molecule has 0 aliphatic carbocycles. The maximum Gasteiger partial charge on any atom is 0.338 e. The number of nitrogens with two attached hydrogens (primary N) is 1. The maximum atomic E-state index is 6.07. The van der Waals surface area contributed by atoms with E-state index in [2.05, 4.69) is 20.8 Å². The lowest BCUT2D eigenvalue weighted by molar-refractivity contribution is 0.180. The van der Waals surface area contributed by atoms with Gasteiger partial charge in [0, 0.05) is 13.2 Å². The topological polar surface area (TPSA) is 44.5 Å². The van der Waals surface area contributed by atoms with Crippen molar-refractivity contribution in [3.05, 3.63) is 0 Å². The summed E-state index contributed by atoms with van der Waals surface area (Å²) in [5, 5.41) is 0. The molecule has 0 atom stereocenters. The number of rotatable bonds is 13. The van der Waals surface area contributed by atoms with Gasteiger partial charge in [0.25, 0.3) is 0 Å². The van der Waals surface area contributed by atoms with Gasteiger partial charge in [-0.1, -0.05) is 39.0 Å². The molecule has 0 aromatic carbocycles. The molecule has 2 N–H and O–H groups in total. The second-order valence-corrected chi connectivity index (χ2v) is 8.23. The Labute approximate surface area is 115 Å². The van der Waals surface area contributed by atoms with Crippen molar-refractivity contribution < 1.29 is 8.85 Å². The van der Waals surface area contributed by atoms with Crippen molar-refractivity contribution in [2.75, 3.05) is 19.8 Å². The van der Waals surface area contributed by atoms with Crippen LogP contribution in [0, 0.1) is 0 Å². The van der Waals surface area contributed by atoms with E-state index in [0.29, 0.717) is 0 Å². The zero-order chi connectivity index (χ0) is 13.7. The standard InChI is InChI=1S/C14H33NO2Si/c1-4-7-8-10-13-18(16-5-2,17-6-3)14-11-9-12-15/h4-15H2,1-3H3. The predicted octanol–water partition coefficient (Wildman–Crippen LogP) is 3.82. The summed E-state index contributed by atoms with van der Waals surface area (Å²) in [6.45, 7) is 8.74. The van der Waals surface area contributed by atoms with E-state index in [1.807, 2.05) is 0 Å². The smallest absolute Gasteiger partial charge is 0.338 e. The summed E-state index contributed by atoms with van der Waals surface area (Å²) in [5.74, 6) is 0. The first kappa shape index (κ1) is 18.1. The molecule has 0 bridgehead atoms. The summed E-state index contributed by atoms with van der Waals surface area (Å²) in [6, 6.07) is 2.26. The SMILES string of the molecule is CCCCCC[Si](CCCCN)(OCC)OCC. The van der Waals surface area contributed by atoms with Gasteiger partial charge in [0.05, 0.1) is 0 Å². The van der Waals surface area contributed by atoms with Gasteiger partial charge in [-0.05, 0) is 38.9 Å². The summed E-state index contributed by atoms with van der Waals surface area (Å²) in [5.41, 5.74) is 5.58. The summed E-state index contributed by atoms with van der Waals surface area (Å²) in [4.78, 5) is 0. The fourth-order valence-electron chi connectivity index (χ4n) is 2.34. The Morgan fingerprint density at radius 3 is 1.78 bits per heavy atom. The van der Waals surface area contributed by atoms with E-state index >= 15 is 0 Å². The average molecular weight is 276 g/mol. The number of unbranched alkanes of at least 4 members (excludes halogenated alkanes) is 4. The van der Waals surface area contributed by atoms with Crippen LogP contribution in [-0.2, 0) is 8.85 Å². The molecule has 0 aliphatic heterocycles. The van der Waals surface area contributed by atoms with E-state index in [1.165, 1.54) is 25.7 Å². The molecule has 110 valence electrons. The zero-order valence-electron chi connectivity index (χ0n) is 12.7.